The van der Waals surface area contributed by atoms with E-state index in [1.54, 1.807) is 0 Å². The number of carbonyl (C=O) groups excluding carboxylic acids is 2. The standard InChI is InChI=1S/C4H6O7S.C3H8O3.2Na/c5-3(6)1-2(4(7)8)12(9,10)11;4-1-3(6)2-5;;/h2H,1H2,(H,5,6)(H,7,8)(H,9,10,11);3-6H,1-2H2;;/q;;2*+1/p-2. The van der Waals surface area contributed by atoms with Gasteiger partial charge in [0.25, 0.3) is 10.1 Å². The zero-order valence-electron chi connectivity index (χ0n) is 10.9. The normalized spacial score (nSPS) is 11.2. The van der Waals surface area contributed by atoms with Crippen molar-refractivity contribution in [2.24, 2.45) is 0 Å². The molecular formula is C7H12Na2O10S. The van der Waals surface area contributed by atoms with Gasteiger partial charge in [-0.1, -0.05) is 0 Å². The van der Waals surface area contributed by atoms with Gasteiger partial charge in [0, 0.05) is 12.4 Å². The van der Waals surface area contributed by atoms with Gasteiger partial charge in [0.2, 0.25) is 0 Å². The maximum atomic E-state index is 10.2. The summed E-state index contributed by atoms with van der Waals surface area (Å²) in [7, 11) is -4.94. The summed E-state index contributed by atoms with van der Waals surface area (Å²) in [6.07, 6.45) is -2.29. The molecule has 0 rings (SSSR count). The van der Waals surface area contributed by atoms with Crippen molar-refractivity contribution in [3.05, 3.63) is 0 Å². The van der Waals surface area contributed by atoms with Crippen LogP contribution < -0.4 is 69.3 Å². The quantitative estimate of drug-likeness (QED) is 0.267. The maximum Gasteiger partial charge on any atom is 1.00 e. The zero-order chi connectivity index (χ0) is 14.9. The fourth-order valence-corrected chi connectivity index (χ4v) is 1.11. The van der Waals surface area contributed by atoms with Crippen LogP contribution >= 0.6 is 0 Å². The molecule has 0 bridgehead atoms. The molecule has 0 radical (unpaired) electrons. The van der Waals surface area contributed by atoms with Crippen LogP contribution in [0.2, 0.25) is 0 Å². The van der Waals surface area contributed by atoms with E-state index in [1.165, 1.54) is 0 Å². The first kappa shape index (κ1) is 28.8. The van der Waals surface area contributed by atoms with Gasteiger partial charge in [0.15, 0.2) is 0 Å². The Balaban J connectivity index is -0.000000139. The van der Waals surface area contributed by atoms with E-state index in [1.807, 2.05) is 0 Å². The Morgan fingerprint density at radius 2 is 1.40 bits per heavy atom. The van der Waals surface area contributed by atoms with Gasteiger partial charge in [-0.05, 0) is 0 Å². The SMILES string of the molecule is O=C([O-])CC(C(=O)[O-])S(=O)(=O)O.OCC(O)CO.[Na+].[Na+]. The van der Waals surface area contributed by atoms with Crippen LogP contribution in [0.1, 0.15) is 6.42 Å². The van der Waals surface area contributed by atoms with Gasteiger partial charge in [-0.15, -0.1) is 0 Å². The average molecular weight is 334 g/mol. The Bertz CT molecular complexity index is 366. The molecule has 0 heterocycles. The molecule has 0 fully saturated rings. The Morgan fingerprint density at radius 3 is 1.45 bits per heavy atom. The second-order valence-electron chi connectivity index (χ2n) is 2.92. The van der Waals surface area contributed by atoms with Crippen molar-refractivity contribution in [2.75, 3.05) is 13.2 Å². The second-order valence-corrected chi connectivity index (χ2v) is 4.52. The van der Waals surface area contributed by atoms with Gasteiger partial charge >= 0.3 is 59.1 Å². The summed E-state index contributed by atoms with van der Waals surface area (Å²) in [5.74, 6) is -4.08. The number of carboxylic acid groups (broad SMARTS) is 2. The van der Waals surface area contributed by atoms with Crippen molar-refractivity contribution in [1.82, 2.24) is 0 Å². The molecule has 108 valence electrons. The van der Waals surface area contributed by atoms with Crippen molar-refractivity contribution >= 4 is 22.1 Å². The van der Waals surface area contributed by atoms with Gasteiger partial charge < -0.3 is 35.1 Å². The molecule has 13 heteroatoms. The smallest absolute Gasteiger partial charge is 0.550 e. The third-order valence-electron chi connectivity index (χ3n) is 1.40. The van der Waals surface area contributed by atoms with Crippen LogP contribution in [0.5, 0.6) is 0 Å². The number of rotatable bonds is 6. The molecule has 0 spiro atoms. The van der Waals surface area contributed by atoms with Gasteiger partial charge in [-0.25, -0.2) is 0 Å². The van der Waals surface area contributed by atoms with Crippen LogP contribution in [-0.2, 0) is 19.7 Å². The van der Waals surface area contributed by atoms with Gasteiger partial charge in [-0.3, -0.25) is 4.55 Å². The molecule has 0 saturated carbocycles. The average Bonchev–Trinajstić information content (AvgIpc) is 2.23. The van der Waals surface area contributed by atoms with Crippen molar-refractivity contribution in [1.29, 1.82) is 0 Å². The van der Waals surface area contributed by atoms with E-state index in [0.717, 1.165) is 0 Å². The van der Waals surface area contributed by atoms with E-state index < -0.39 is 39.8 Å². The maximum absolute atomic E-state index is 10.2. The van der Waals surface area contributed by atoms with Gasteiger partial charge in [0.1, 0.15) is 11.4 Å². The summed E-state index contributed by atoms with van der Waals surface area (Å²) < 4.78 is 28.5. The third kappa shape index (κ3) is 16.8. The second kappa shape index (κ2) is 14.7. The number of aliphatic hydroxyl groups excluding tert-OH is 3. The summed E-state index contributed by atoms with van der Waals surface area (Å²) in [6, 6.07) is 0. The molecule has 4 N–H and O–H groups in total. The molecule has 0 aromatic carbocycles. The zero-order valence-corrected chi connectivity index (χ0v) is 15.7. The summed E-state index contributed by atoms with van der Waals surface area (Å²) in [5.41, 5.74) is 0. The van der Waals surface area contributed by atoms with Crippen molar-refractivity contribution in [2.45, 2.75) is 17.8 Å². The van der Waals surface area contributed by atoms with Gasteiger partial charge in [0.05, 0.1) is 19.2 Å². The Morgan fingerprint density at radius 1 is 1.05 bits per heavy atom. The first-order valence-electron chi connectivity index (χ1n) is 4.33. The molecule has 0 amide bonds. The molecule has 0 aromatic heterocycles. The minimum absolute atomic E-state index is 0. The molecule has 20 heavy (non-hydrogen) atoms. The van der Waals surface area contributed by atoms with Gasteiger partial charge in [-0.2, -0.15) is 8.42 Å². The minimum atomic E-state index is -4.94. The first-order chi connectivity index (χ1) is 8.06. The predicted molar refractivity (Wildman–Crippen MR) is 50.1 cm³/mol. The number of aliphatic carboxylic acids is 2. The fraction of sp³-hybridized carbons (Fsp3) is 0.714. The van der Waals surface area contributed by atoms with E-state index in [9.17, 15) is 28.2 Å². The minimum Gasteiger partial charge on any atom is -0.550 e. The first-order valence-corrected chi connectivity index (χ1v) is 5.83. The molecule has 0 aliphatic carbocycles. The Hall–Kier alpha value is 0.730. The number of carboxylic acids is 2. The van der Waals surface area contributed by atoms with Crippen LogP contribution in [-0.4, -0.2) is 64.8 Å². The number of carbonyl (C=O) groups is 2. The van der Waals surface area contributed by atoms with E-state index >= 15 is 0 Å². The van der Waals surface area contributed by atoms with E-state index in [4.69, 9.17) is 19.9 Å². The summed E-state index contributed by atoms with van der Waals surface area (Å²) >= 11 is 0. The summed E-state index contributed by atoms with van der Waals surface area (Å²) in [4.78, 5) is 19.7. The number of aliphatic hydroxyl groups is 3. The topological polar surface area (TPSA) is 195 Å². The molecule has 0 aliphatic heterocycles. The number of hydrogen-bond acceptors (Lipinski definition) is 9. The molecule has 1 atom stereocenters. The van der Waals surface area contributed by atoms with Crippen molar-refractivity contribution < 1.29 is 107 Å². The third-order valence-corrected chi connectivity index (χ3v) is 2.47. The molecular weight excluding hydrogens is 322 g/mol. The largest absolute Gasteiger partial charge is 1.00 e. The Kier molecular flexibility index (Phi) is 21.1. The molecule has 0 aromatic rings. The molecule has 0 saturated heterocycles. The molecule has 10 nitrogen and oxygen atoms in total. The van der Waals surface area contributed by atoms with Crippen LogP contribution in [0.25, 0.3) is 0 Å². The molecule has 1 unspecified atom stereocenters. The van der Waals surface area contributed by atoms with E-state index in [-0.39, 0.29) is 72.3 Å². The van der Waals surface area contributed by atoms with Crippen LogP contribution in [0.15, 0.2) is 0 Å². The number of hydrogen-bond donors (Lipinski definition) is 4. The van der Waals surface area contributed by atoms with E-state index in [0.29, 0.717) is 0 Å². The van der Waals surface area contributed by atoms with Crippen molar-refractivity contribution in [3.63, 3.8) is 0 Å². The van der Waals surface area contributed by atoms with Crippen LogP contribution in [0.4, 0.5) is 0 Å². The predicted octanol–water partition coefficient (Wildman–Crippen LogP) is -11.5. The summed E-state index contributed by atoms with van der Waals surface area (Å²) in [6.45, 7) is -0.729. The fourth-order valence-electron chi connectivity index (χ4n) is 0.519. The van der Waals surface area contributed by atoms with E-state index in [2.05, 4.69) is 0 Å². The monoisotopic (exact) mass is 334 g/mol. The Labute approximate surface area is 159 Å². The van der Waals surface area contributed by atoms with Crippen molar-refractivity contribution in [3.8, 4) is 0 Å². The van der Waals surface area contributed by atoms with Crippen LogP contribution in [0, 0.1) is 0 Å². The van der Waals surface area contributed by atoms with Crippen LogP contribution in [0.3, 0.4) is 0 Å². The summed E-state index contributed by atoms with van der Waals surface area (Å²) in [5, 5.41) is 41.3. The molecule has 0 aliphatic rings.